The maximum atomic E-state index is 4.20. The van der Waals surface area contributed by atoms with Gasteiger partial charge in [0.05, 0.1) is 0 Å². The molecule has 1 aliphatic carbocycles. The summed E-state index contributed by atoms with van der Waals surface area (Å²) >= 11 is 0. The first-order chi connectivity index (χ1) is 17.0. The molecule has 0 N–H and O–H groups in total. The fraction of sp³-hybridized carbons (Fsp3) is 0.600. The Hall–Kier alpha value is -1.82. The fourth-order valence-electron chi connectivity index (χ4n) is 5.95. The van der Waals surface area contributed by atoms with Crippen LogP contribution in [0.15, 0.2) is 30.8 Å². The lowest BCUT2D eigenvalue weighted by atomic mass is 9.79. The molecule has 0 heteroatoms. The van der Waals surface area contributed by atoms with Gasteiger partial charge in [-0.25, -0.2) is 0 Å². The van der Waals surface area contributed by atoms with E-state index in [-0.39, 0.29) is 0 Å². The molecule has 1 atom stereocenters. The molecule has 0 aliphatic heterocycles. The first kappa shape index (κ1) is 29.4. The van der Waals surface area contributed by atoms with E-state index in [1.54, 1.807) is 33.4 Å². The molecule has 0 nitrogen and oxygen atoms in total. The van der Waals surface area contributed by atoms with E-state index < -0.39 is 0 Å². The number of benzene rings is 2. The van der Waals surface area contributed by atoms with Gasteiger partial charge in [-0.2, -0.15) is 0 Å². The van der Waals surface area contributed by atoms with Crippen molar-refractivity contribution >= 4 is 5.57 Å². The average molecular weight is 475 g/mol. The summed E-state index contributed by atoms with van der Waals surface area (Å²) in [5.74, 6) is 0.852. The van der Waals surface area contributed by atoms with Crippen molar-refractivity contribution < 1.29 is 0 Å². The van der Waals surface area contributed by atoms with Crippen LogP contribution in [0.3, 0.4) is 0 Å². The van der Waals surface area contributed by atoms with Crippen LogP contribution in [-0.2, 0) is 38.5 Å². The second kappa shape index (κ2) is 15.3. The topological polar surface area (TPSA) is 0 Å². The summed E-state index contributed by atoms with van der Waals surface area (Å²) in [4.78, 5) is 0. The smallest absolute Gasteiger partial charge is 0.0201 e. The highest BCUT2D eigenvalue weighted by Crippen LogP contribution is 2.32. The Morgan fingerprint density at radius 3 is 2.11 bits per heavy atom. The summed E-state index contributed by atoms with van der Waals surface area (Å²) in [6.45, 7) is 19.7. The van der Waals surface area contributed by atoms with E-state index in [1.165, 1.54) is 100 Å². The number of rotatable bonds is 12. The van der Waals surface area contributed by atoms with Crippen molar-refractivity contribution in [3.63, 3.8) is 0 Å². The molecule has 0 bridgehead atoms. The van der Waals surface area contributed by atoms with Gasteiger partial charge >= 0.3 is 0 Å². The van der Waals surface area contributed by atoms with Gasteiger partial charge in [-0.1, -0.05) is 90.3 Å². The number of unbranched alkanes of at least 4 members (excludes halogenated alkanes) is 3. The average Bonchev–Trinajstić information content (AvgIpc) is 2.85. The van der Waals surface area contributed by atoms with E-state index in [0.717, 1.165) is 5.92 Å². The molecule has 35 heavy (non-hydrogen) atoms. The summed E-state index contributed by atoms with van der Waals surface area (Å²) in [6.07, 6.45) is 16.7. The molecule has 2 aromatic rings. The van der Waals surface area contributed by atoms with Crippen LogP contribution >= 0.6 is 0 Å². The third-order valence-corrected chi connectivity index (χ3v) is 7.91. The quantitative estimate of drug-likeness (QED) is 0.268. The zero-order valence-electron chi connectivity index (χ0n) is 24.3. The van der Waals surface area contributed by atoms with Crippen LogP contribution in [0.2, 0.25) is 0 Å². The van der Waals surface area contributed by atoms with Crippen molar-refractivity contribution in [3.8, 4) is 0 Å². The summed E-state index contributed by atoms with van der Waals surface area (Å²) in [5, 5.41) is 0. The van der Waals surface area contributed by atoms with Crippen molar-refractivity contribution in [1.82, 2.24) is 0 Å². The Kier molecular flexibility index (Phi) is 12.9. The highest BCUT2D eigenvalue weighted by Gasteiger charge is 2.19. The van der Waals surface area contributed by atoms with Crippen molar-refractivity contribution in [1.29, 1.82) is 0 Å². The first-order valence-electron chi connectivity index (χ1n) is 14.9. The second-order valence-corrected chi connectivity index (χ2v) is 10.8. The highest BCUT2D eigenvalue weighted by molar-refractivity contribution is 5.66. The molecule has 2 aromatic carbocycles. The molecule has 0 amide bonds. The molecule has 194 valence electrons. The fourth-order valence-corrected chi connectivity index (χ4v) is 5.95. The SMILES string of the molecule is C=C(C)c1ccc(CCCCCc2ccc3c(c2CCC)CC(C)CC3)c(CCCC)c1C.CC. The molecule has 0 fully saturated rings. The van der Waals surface area contributed by atoms with E-state index in [1.807, 2.05) is 13.8 Å². The Morgan fingerprint density at radius 1 is 0.829 bits per heavy atom. The van der Waals surface area contributed by atoms with Crippen molar-refractivity contribution in [2.45, 2.75) is 132 Å². The van der Waals surface area contributed by atoms with Gasteiger partial charge in [0, 0.05) is 0 Å². The normalized spacial score (nSPS) is 14.8. The second-order valence-electron chi connectivity index (χ2n) is 10.8. The van der Waals surface area contributed by atoms with Gasteiger partial charge in [0.25, 0.3) is 0 Å². The standard InChI is InChI=1S/C33H48.C2H6/c1-7-9-16-31-26(6)30(24(3)4)22-21-27(31)14-11-10-12-15-28-19-20-29-18-17-25(5)23-33(29)32(28)13-8-2;1-2/h19-22,25H,3,7-18,23H2,1-2,4-6H3;1-2H3. The summed E-state index contributed by atoms with van der Waals surface area (Å²) < 4.78 is 0. The van der Waals surface area contributed by atoms with Crippen molar-refractivity contribution in [2.24, 2.45) is 5.92 Å². The van der Waals surface area contributed by atoms with Gasteiger partial charge in [-0.15, -0.1) is 0 Å². The minimum absolute atomic E-state index is 0.852. The first-order valence-corrected chi connectivity index (χ1v) is 14.9. The summed E-state index contributed by atoms with van der Waals surface area (Å²) in [5.41, 5.74) is 13.9. The largest absolute Gasteiger partial charge is 0.0955 e. The Balaban J connectivity index is 0.00000210. The molecule has 0 saturated heterocycles. The van der Waals surface area contributed by atoms with Crippen LogP contribution in [0.1, 0.15) is 131 Å². The number of hydrogen-bond acceptors (Lipinski definition) is 0. The number of fused-ring (bicyclic) bond motifs is 1. The lowest BCUT2D eigenvalue weighted by Gasteiger charge is -2.26. The van der Waals surface area contributed by atoms with Gasteiger partial charge in [-0.3, -0.25) is 0 Å². The van der Waals surface area contributed by atoms with Crippen LogP contribution < -0.4 is 0 Å². The molecule has 0 radical (unpaired) electrons. The van der Waals surface area contributed by atoms with Crippen molar-refractivity contribution in [2.75, 3.05) is 0 Å². The van der Waals surface area contributed by atoms with Gasteiger partial charge < -0.3 is 0 Å². The highest BCUT2D eigenvalue weighted by atomic mass is 14.2. The summed E-state index contributed by atoms with van der Waals surface area (Å²) in [7, 11) is 0. The Bertz CT molecular complexity index is 930. The molecule has 0 saturated carbocycles. The third-order valence-electron chi connectivity index (χ3n) is 7.91. The molecule has 1 aliphatic rings. The molecule has 0 aromatic heterocycles. The van der Waals surface area contributed by atoms with Gasteiger partial charge in [0.1, 0.15) is 0 Å². The van der Waals surface area contributed by atoms with Crippen LogP contribution in [-0.4, -0.2) is 0 Å². The minimum Gasteiger partial charge on any atom is -0.0955 e. The van der Waals surface area contributed by atoms with Gasteiger partial charge in [0.2, 0.25) is 0 Å². The zero-order valence-corrected chi connectivity index (χ0v) is 24.3. The van der Waals surface area contributed by atoms with Crippen molar-refractivity contribution in [3.05, 3.63) is 75.4 Å². The molecular formula is C35H54. The number of aryl methyl sites for hydroxylation is 3. The minimum atomic E-state index is 0.852. The van der Waals surface area contributed by atoms with Crippen LogP contribution in [0.5, 0.6) is 0 Å². The monoisotopic (exact) mass is 474 g/mol. The van der Waals surface area contributed by atoms with E-state index in [9.17, 15) is 0 Å². The molecular weight excluding hydrogens is 420 g/mol. The lowest BCUT2D eigenvalue weighted by Crippen LogP contribution is -2.15. The van der Waals surface area contributed by atoms with Crippen LogP contribution in [0, 0.1) is 12.8 Å². The van der Waals surface area contributed by atoms with Crippen LogP contribution in [0.25, 0.3) is 5.57 Å². The van der Waals surface area contributed by atoms with Gasteiger partial charge in [-0.05, 0) is 128 Å². The Morgan fingerprint density at radius 2 is 1.49 bits per heavy atom. The number of hydrogen-bond donors (Lipinski definition) is 0. The molecule has 1 unspecified atom stereocenters. The molecule has 3 rings (SSSR count). The Labute approximate surface area is 218 Å². The zero-order chi connectivity index (χ0) is 25.8. The lowest BCUT2D eigenvalue weighted by molar-refractivity contribution is 0.497. The molecule has 0 spiro atoms. The molecule has 0 heterocycles. The van der Waals surface area contributed by atoms with Gasteiger partial charge in [0.15, 0.2) is 0 Å². The van der Waals surface area contributed by atoms with E-state index in [2.05, 4.69) is 65.5 Å². The van der Waals surface area contributed by atoms with E-state index in [4.69, 9.17) is 0 Å². The van der Waals surface area contributed by atoms with E-state index >= 15 is 0 Å². The van der Waals surface area contributed by atoms with Crippen LogP contribution in [0.4, 0.5) is 0 Å². The maximum absolute atomic E-state index is 4.20. The number of allylic oxidation sites excluding steroid dienone is 1. The third kappa shape index (κ3) is 8.09. The predicted octanol–water partition coefficient (Wildman–Crippen LogP) is 10.4. The van der Waals surface area contributed by atoms with E-state index in [0.29, 0.717) is 0 Å². The maximum Gasteiger partial charge on any atom is -0.0201 e. The predicted molar refractivity (Wildman–Crippen MR) is 159 cm³/mol. The summed E-state index contributed by atoms with van der Waals surface area (Å²) in [6, 6.07) is 9.64.